The number of nitrogens with two attached hydrogens (primary N) is 1. The molecule has 94 valence electrons. The predicted molar refractivity (Wildman–Crippen MR) is 63.8 cm³/mol. The molecule has 2 aromatic rings. The van der Waals surface area contributed by atoms with E-state index in [0.717, 1.165) is 6.07 Å². The Kier molecular flexibility index (Phi) is 3.59. The largest absolute Gasteiger partial charge is 0.320 e. The Morgan fingerprint density at radius 1 is 0.889 bits per heavy atom. The molecule has 0 saturated heterocycles. The topological polar surface area (TPSA) is 26.0 Å². The monoisotopic (exact) mass is 271 g/mol. The third-order valence-electron chi connectivity index (χ3n) is 2.61. The number of hydrogen-bond acceptors (Lipinski definition) is 1. The Morgan fingerprint density at radius 3 is 2.17 bits per heavy atom. The minimum Gasteiger partial charge on any atom is -0.320 e. The molecule has 5 heteroatoms. The number of rotatable bonds is 2. The van der Waals surface area contributed by atoms with E-state index in [1.165, 1.54) is 0 Å². The van der Waals surface area contributed by atoms with Gasteiger partial charge in [0.1, 0.15) is 5.82 Å². The minimum atomic E-state index is -1.25. The molecule has 1 unspecified atom stereocenters. The van der Waals surface area contributed by atoms with E-state index in [9.17, 15) is 13.2 Å². The second kappa shape index (κ2) is 5.00. The Bertz CT molecular complexity index is 586. The maximum atomic E-state index is 13.6. The summed E-state index contributed by atoms with van der Waals surface area (Å²) in [6.07, 6.45) is 0. The van der Waals surface area contributed by atoms with Crippen molar-refractivity contribution in [2.24, 2.45) is 5.73 Å². The fourth-order valence-corrected chi connectivity index (χ4v) is 1.92. The lowest BCUT2D eigenvalue weighted by molar-refractivity contribution is 0.487. The van der Waals surface area contributed by atoms with E-state index in [-0.39, 0.29) is 5.56 Å². The molecule has 0 bridgehead atoms. The Labute approximate surface area is 107 Å². The van der Waals surface area contributed by atoms with Crippen molar-refractivity contribution >= 4 is 11.6 Å². The molecule has 0 fully saturated rings. The normalized spacial score (nSPS) is 12.5. The first-order chi connectivity index (χ1) is 8.50. The van der Waals surface area contributed by atoms with Crippen molar-refractivity contribution in [3.8, 4) is 0 Å². The van der Waals surface area contributed by atoms with Gasteiger partial charge < -0.3 is 5.73 Å². The van der Waals surface area contributed by atoms with Crippen LogP contribution >= 0.6 is 11.6 Å². The molecular formula is C13H9ClF3N. The summed E-state index contributed by atoms with van der Waals surface area (Å²) in [4.78, 5) is 0. The molecule has 0 spiro atoms. The standard InChI is InChI=1S/C13H9ClF3N/c14-9-4-2-1-3-7(9)13(18)8-5-11(16)12(17)6-10(8)15/h1-6,13H,18H2. The second-order valence-corrected chi connectivity index (χ2v) is 4.19. The highest BCUT2D eigenvalue weighted by molar-refractivity contribution is 6.31. The van der Waals surface area contributed by atoms with Gasteiger partial charge in [0, 0.05) is 16.7 Å². The van der Waals surface area contributed by atoms with Gasteiger partial charge in [0.15, 0.2) is 11.6 Å². The van der Waals surface area contributed by atoms with Gasteiger partial charge in [0.2, 0.25) is 0 Å². The van der Waals surface area contributed by atoms with Crippen molar-refractivity contribution in [3.63, 3.8) is 0 Å². The molecule has 0 saturated carbocycles. The van der Waals surface area contributed by atoms with E-state index < -0.39 is 23.5 Å². The molecule has 0 aromatic heterocycles. The molecular weight excluding hydrogens is 263 g/mol. The molecule has 2 N–H and O–H groups in total. The zero-order valence-corrected chi connectivity index (χ0v) is 9.89. The van der Waals surface area contributed by atoms with Crippen molar-refractivity contribution in [2.45, 2.75) is 6.04 Å². The molecule has 0 radical (unpaired) electrons. The van der Waals surface area contributed by atoms with Crippen LogP contribution in [0.5, 0.6) is 0 Å². The van der Waals surface area contributed by atoms with E-state index in [4.69, 9.17) is 17.3 Å². The summed E-state index contributed by atoms with van der Waals surface area (Å²) in [5, 5.41) is 0.342. The van der Waals surface area contributed by atoms with Crippen LogP contribution in [0.2, 0.25) is 5.02 Å². The maximum Gasteiger partial charge on any atom is 0.161 e. The van der Waals surface area contributed by atoms with Gasteiger partial charge in [-0.05, 0) is 17.7 Å². The summed E-state index contributed by atoms with van der Waals surface area (Å²) in [6, 6.07) is 6.84. The van der Waals surface area contributed by atoms with Crippen LogP contribution in [0.4, 0.5) is 13.2 Å². The van der Waals surface area contributed by atoms with E-state index in [1.807, 2.05) is 0 Å². The average molecular weight is 272 g/mol. The molecule has 2 aromatic carbocycles. The van der Waals surface area contributed by atoms with E-state index in [0.29, 0.717) is 16.7 Å². The highest BCUT2D eigenvalue weighted by atomic mass is 35.5. The highest BCUT2D eigenvalue weighted by Crippen LogP contribution is 2.28. The van der Waals surface area contributed by atoms with Gasteiger partial charge in [-0.2, -0.15) is 0 Å². The molecule has 0 aliphatic rings. The van der Waals surface area contributed by atoms with Gasteiger partial charge in [0.25, 0.3) is 0 Å². The lowest BCUT2D eigenvalue weighted by Gasteiger charge is -2.15. The van der Waals surface area contributed by atoms with Gasteiger partial charge >= 0.3 is 0 Å². The van der Waals surface area contributed by atoms with Crippen LogP contribution in [0.1, 0.15) is 17.2 Å². The van der Waals surface area contributed by atoms with E-state index in [1.54, 1.807) is 24.3 Å². The Balaban J connectivity index is 2.50. The zero-order valence-electron chi connectivity index (χ0n) is 9.13. The van der Waals surface area contributed by atoms with Crippen molar-refractivity contribution in [1.29, 1.82) is 0 Å². The van der Waals surface area contributed by atoms with Gasteiger partial charge in [-0.1, -0.05) is 29.8 Å². The van der Waals surface area contributed by atoms with Gasteiger partial charge in [-0.25, -0.2) is 13.2 Å². The second-order valence-electron chi connectivity index (χ2n) is 3.79. The molecule has 0 aliphatic carbocycles. The molecule has 0 aliphatic heterocycles. The first-order valence-corrected chi connectivity index (χ1v) is 5.53. The molecule has 0 amide bonds. The first kappa shape index (κ1) is 12.9. The molecule has 1 nitrogen and oxygen atoms in total. The Morgan fingerprint density at radius 2 is 1.50 bits per heavy atom. The van der Waals surface area contributed by atoms with Crippen LogP contribution in [0.15, 0.2) is 36.4 Å². The van der Waals surface area contributed by atoms with Gasteiger partial charge in [-0.15, -0.1) is 0 Å². The van der Waals surface area contributed by atoms with Crippen LogP contribution in [-0.4, -0.2) is 0 Å². The zero-order chi connectivity index (χ0) is 13.3. The number of halogens is 4. The molecule has 1 atom stereocenters. The maximum absolute atomic E-state index is 13.6. The van der Waals surface area contributed by atoms with Crippen LogP contribution in [0, 0.1) is 17.5 Å². The van der Waals surface area contributed by atoms with Crippen molar-refractivity contribution in [2.75, 3.05) is 0 Å². The van der Waals surface area contributed by atoms with Gasteiger partial charge in [-0.3, -0.25) is 0 Å². The SMILES string of the molecule is NC(c1cc(F)c(F)cc1F)c1ccccc1Cl. The van der Waals surface area contributed by atoms with E-state index >= 15 is 0 Å². The number of hydrogen-bond donors (Lipinski definition) is 1. The van der Waals surface area contributed by atoms with Gasteiger partial charge in [0.05, 0.1) is 6.04 Å². The van der Waals surface area contributed by atoms with Crippen molar-refractivity contribution in [1.82, 2.24) is 0 Å². The summed E-state index contributed by atoms with van der Waals surface area (Å²) in [7, 11) is 0. The summed E-state index contributed by atoms with van der Waals surface area (Å²) in [5.74, 6) is -3.29. The van der Waals surface area contributed by atoms with Crippen LogP contribution < -0.4 is 5.73 Å². The van der Waals surface area contributed by atoms with Crippen molar-refractivity contribution in [3.05, 3.63) is 70.0 Å². The fraction of sp³-hybridized carbons (Fsp3) is 0.0769. The fourth-order valence-electron chi connectivity index (χ4n) is 1.67. The minimum absolute atomic E-state index is 0.137. The quantitative estimate of drug-likeness (QED) is 0.826. The van der Waals surface area contributed by atoms with E-state index in [2.05, 4.69) is 0 Å². The molecule has 2 rings (SSSR count). The lowest BCUT2D eigenvalue weighted by atomic mass is 9.99. The number of benzene rings is 2. The molecule has 0 heterocycles. The first-order valence-electron chi connectivity index (χ1n) is 5.15. The summed E-state index contributed by atoms with van der Waals surface area (Å²) in [5.41, 5.74) is 6.13. The smallest absolute Gasteiger partial charge is 0.161 e. The highest BCUT2D eigenvalue weighted by Gasteiger charge is 2.18. The average Bonchev–Trinajstić information content (AvgIpc) is 2.33. The van der Waals surface area contributed by atoms with Crippen LogP contribution in [-0.2, 0) is 0 Å². The predicted octanol–water partition coefficient (Wildman–Crippen LogP) is 3.81. The lowest BCUT2D eigenvalue weighted by Crippen LogP contribution is -2.15. The molecule has 18 heavy (non-hydrogen) atoms. The Hall–Kier alpha value is -1.52. The van der Waals surface area contributed by atoms with Crippen molar-refractivity contribution < 1.29 is 13.2 Å². The van der Waals surface area contributed by atoms with Crippen LogP contribution in [0.3, 0.4) is 0 Å². The summed E-state index contributed by atoms with van der Waals surface area (Å²) >= 11 is 5.92. The third-order valence-corrected chi connectivity index (χ3v) is 2.96. The van der Waals surface area contributed by atoms with Crippen LogP contribution in [0.25, 0.3) is 0 Å². The summed E-state index contributed by atoms with van der Waals surface area (Å²) in [6.45, 7) is 0. The third kappa shape index (κ3) is 2.35. The summed E-state index contributed by atoms with van der Waals surface area (Å²) < 4.78 is 39.5.